The molecule has 0 radical (unpaired) electrons. The van der Waals surface area contributed by atoms with Gasteiger partial charge in [0.05, 0.1) is 18.5 Å². The number of aromatic nitrogens is 1. The number of carbonyl (C=O) groups excluding carboxylic acids is 2. The van der Waals surface area contributed by atoms with Crippen molar-refractivity contribution in [3.63, 3.8) is 0 Å². The normalized spacial score (nSPS) is 12.8. The van der Waals surface area contributed by atoms with Crippen molar-refractivity contribution in [3.8, 4) is 0 Å². The number of ketones is 1. The van der Waals surface area contributed by atoms with Crippen molar-refractivity contribution in [1.82, 2.24) is 4.57 Å². The second kappa shape index (κ2) is 9.51. The zero-order valence-electron chi connectivity index (χ0n) is 18.3. The van der Waals surface area contributed by atoms with E-state index in [9.17, 15) is 27.6 Å². The number of carbonyl (C=O) groups is 2. The van der Waals surface area contributed by atoms with Crippen molar-refractivity contribution >= 4 is 23.5 Å². The minimum Gasteiger partial charge on any atom is -0.326 e. The Morgan fingerprint density at radius 1 is 1.09 bits per heavy atom. The molecule has 0 fully saturated rings. The SMILES string of the molecule is Cc1cc(C(=O)CC/C=C/c2ccc3c(c2)NC(=O)C3)c(=O)n(Cc2cc(F)c(F)c(F)c2)c1. The minimum atomic E-state index is -1.58. The first-order valence-electron chi connectivity index (χ1n) is 10.7. The van der Waals surface area contributed by atoms with Crippen LogP contribution in [-0.4, -0.2) is 16.3 Å². The summed E-state index contributed by atoms with van der Waals surface area (Å²) in [6, 6.07) is 8.76. The number of pyridine rings is 1. The number of nitrogens with one attached hydrogen (secondary N) is 1. The minimum absolute atomic E-state index is 0.0169. The molecule has 5 nitrogen and oxygen atoms in total. The van der Waals surface area contributed by atoms with Gasteiger partial charge >= 0.3 is 0 Å². The van der Waals surface area contributed by atoms with Crippen LogP contribution >= 0.6 is 0 Å². The average Bonchev–Trinajstić information content (AvgIpc) is 3.16. The van der Waals surface area contributed by atoms with Gasteiger partial charge in [0, 0.05) is 18.3 Å². The van der Waals surface area contributed by atoms with Gasteiger partial charge in [0.25, 0.3) is 5.56 Å². The van der Waals surface area contributed by atoms with Crippen LogP contribution in [-0.2, 0) is 17.8 Å². The van der Waals surface area contributed by atoms with E-state index in [-0.39, 0.29) is 35.8 Å². The zero-order chi connectivity index (χ0) is 24.4. The summed E-state index contributed by atoms with van der Waals surface area (Å²) in [6.45, 7) is 1.49. The molecule has 0 saturated carbocycles. The average molecular weight is 466 g/mol. The lowest BCUT2D eigenvalue weighted by atomic mass is 10.0. The van der Waals surface area contributed by atoms with Crippen LogP contribution in [0.25, 0.3) is 6.08 Å². The molecule has 1 N–H and O–H groups in total. The van der Waals surface area contributed by atoms with Gasteiger partial charge in [-0.1, -0.05) is 24.3 Å². The molecule has 1 aliphatic heterocycles. The van der Waals surface area contributed by atoms with E-state index in [1.54, 1.807) is 6.92 Å². The van der Waals surface area contributed by atoms with Crippen LogP contribution in [0.3, 0.4) is 0 Å². The Kier molecular flexibility index (Phi) is 6.49. The van der Waals surface area contributed by atoms with Gasteiger partial charge < -0.3 is 9.88 Å². The van der Waals surface area contributed by atoms with Crippen LogP contribution in [0, 0.1) is 24.4 Å². The van der Waals surface area contributed by atoms with Crippen molar-refractivity contribution in [1.29, 1.82) is 0 Å². The fourth-order valence-electron chi connectivity index (χ4n) is 3.90. The molecule has 34 heavy (non-hydrogen) atoms. The summed E-state index contributed by atoms with van der Waals surface area (Å²) in [5.41, 5.74) is 2.70. The standard InChI is InChI=1S/C26H21F3N2O3/c1-15-8-19(26(34)31(13-15)14-17-9-20(27)25(29)21(28)10-17)23(32)5-3-2-4-16-6-7-18-12-24(33)30-22(18)11-16/h2,4,6-11,13H,3,5,12,14H2,1H3,(H,30,33)/b4-2+. The molecule has 1 amide bonds. The predicted octanol–water partition coefficient (Wildman–Crippen LogP) is 4.79. The van der Waals surface area contributed by atoms with E-state index >= 15 is 0 Å². The van der Waals surface area contributed by atoms with Crippen LogP contribution in [0.4, 0.5) is 18.9 Å². The summed E-state index contributed by atoms with van der Waals surface area (Å²) in [4.78, 5) is 37.0. The van der Waals surface area contributed by atoms with Gasteiger partial charge in [-0.15, -0.1) is 0 Å². The topological polar surface area (TPSA) is 68.2 Å². The first kappa shape index (κ1) is 23.2. The number of hydrogen-bond donors (Lipinski definition) is 1. The molecule has 174 valence electrons. The number of anilines is 1. The molecule has 0 saturated heterocycles. The zero-order valence-corrected chi connectivity index (χ0v) is 18.3. The van der Waals surface area contributed by atoms with Crippen LogP contribution in [0.15, 0.2) is 53.5 Å². The lowest BCUT2D eigenvalue weighted by Crippen LogP contribution is -2.27. The van der Waals surface area contributed by atoms with E-state index in [2.05, 4.69) is 5.32 Å². The second-order valence-electron chi connectivity index (χ2n) is 8.24. The third kappa shape index (κ3) is 5.01. The summed E-state index contributed by atoms with van der Waals surface area (Å²) < 4.78 is 41.4. The maximum Gasteiger partial charge on any atom is 0.261 e. The third-order valence-corrected chi connectivity index (χ3v) is 5.53. The number of fused-ring (bicyclic) bond motifs is 1. The molecule has 0 aliphatic carbocycles. The smallest absolute Gasteiger partial charge is 0.261 e. The molecular formula is C26H21F3N2O3. The maximum absolute atomic E-state index is 13.5. The quantitative estimate of drug-likeness (QED) is 0.402. The van der Waals surface area contributed by atoms with Crippen LogP contribution in [0.5, 0.6) is 0 Å². The van der Waals surface area contributed by atoms with Gasteiger partial charge in [0.15, 0.2) is 23.2 Å². The second-order valence-corrected chi connectivity index (χ2v) is 8.24. The van der Waals surface area contributed by atoms with Crippen molar-refractivity contribution < 1.29 is 22.8 Å². The molecule has 4 rings (SSSR count). The van der Waals surface area contributed by atoms with Gasteiger partial charge in [-0.2, -0.15) is 0 Å². The number of allylic oxidation sites excluding steroid dienone is 1. The van der Waals surface area contributed by atoms with Crippen molar-refractivity contribution in [3.05, 3.63) is 104 Å². The van der Waals surface area contributed by atoms with E-state index in [1.165, 1.54) is 16.8 Å². The number of hydrogen-bond acceptors (Lipinski definition) is 3. The van der Waals surface area contributed by atoms with E-state index in [0.29, 0.717) is 18.4 Å². The van der Waals surface area contributed by atoms with Crippen molar-refractivity contribution in [2.24, 2.45) is 0 Å². The molecule has 3 aromatic rings. The van der Waals surface area contributed by atoms with Gasteiger partial charge in [-0.25, -0.2) is 13.2 Å². The van der Waals surface area contributed by atoms with Crippen LogP contribution < -0.4 is 10.9 Å². The Labute approximate surface area is 193 Å². The number of Topliss-reactive ketones (excluding diaryl/α,β-unsaturated/α-hetero) is 1. The number of rotatable bonds is 7. The molecule has 0 spiro atoms. The molecule has 1 aromatic heterocycles. The molecule has 8 heteroatoms. The summed E-state index contributed by atoms with van der Waals surface area (Å²) in [7, 11) is 0. The molecule has 2 aromatic carbocycles. The van der Waals surface area contributed by atoms with Crippen molar-refractivity contribution in [2.45, 2.75) is 32.7 Å². The highest BCUT2D eigenvalue weighted by Gasteiger charge is 2.17. The fourth-order valence-corrected chi connectivity index (χ4v) is 3.90. The predicted molar refractivity (Wildman–Crippen MR) is 122 cm³/mol. The largest absolute Gasteiger partial charge is 0.326 e. The summed E-state index contributed by atoms with van der Waals surface area (Å²) >= 11 is 0. The molecule has 0 atom stereocenters. The number of benzene rings is 2. The van der Waals surface area contributed by atoms with Gasteiger partial charge in [-0.05, 0) is 59.9 Å². The molecule has 1 aliphatic rings. The highest BCUT2D eigenvalue weighted by Crippen LogP contribution is 2.24. The molecular weight excluding hydrogens is 445 g/mol. The monoisotopic (exact) mass is 466 g/mol. The molecule has 0 unspecified atom stereocenters. The number of nitrogens with zero attached hydrogens (tertiary/aromatic N) is 1. The Hall–Kier alpha value is -3.94. The maximum atomic E-state index is 13.5. The highest BCUT2D eigenvalue weighted by atomic mass is 19.2. The van der Waals surface area contributed by atoms with E-state index in [1.807, 2.05) is 30.4 Å². The first-order valence-corrected chi connectivity index (χ1v) is 10.7. The molecule has 2 heterocycles. The van der Waals surface area contributed by atoms with E-state index in [4.69, 9.17) is 0 Å². The lowest BCUT2D eigenvalue weighted by molar-refractivity contribution is -0.115. The number of amides is 1. The Bertz CT molecular complexity index is 1370. The van der Waals surface area contributed by atoms with Crippen molar-refractivity contribution in [2.75, 3.05) is 5.32 Å². The van der Waals surface area contributed by atoms with E-state index < -0.39 is 23.0 Å². The van der Waals surface area contributed by atoms with Crippen LogP contribution in [0.1, 0.15) is 45.5 Å². The summed E-state index contributed by atoms with van der Waals surface area (Å²) in [5, 5.41) is 2.79. The van der Waals surface area contributed by atoms with Gasteiger partial charge in [0.1, 0.15) is 0 Å². The first-order chi connectivity index (χ1) is 16.2. The Balaban J connectivity index is 1.45. The molecule has 0 bridgehead atoms. The third-order valence-electron chi connectivity index (χ3n) is 5.53. The van der Waals surface area contributed by atoms with E-state index in [0.717, 1.165) is 28.9 Å². The van der Waals surface area contributed by atoms with Gasteiger partial charge in [0.2, 0.25) is 5.91 Å². The highest BCUT2D eigenvalue weighted by molar-refractivity contribution is 5.99. The number of halogens is 3. The summed E-state index contributed by atoms with van der Waals surface area (Å²) in [6.07, 6.45) is 5.98. The van der Waals surface area contributed by atoms with Gasteiger partial charge in [-0.3, -0.25) is 14.4 Å². The Morgan fingerprint density at radius 2 is 1.82 bits per heavy atom. The number of aryl methyl sites for hydroxylation is 1. The Morgan fingerprint density at radius 3 is 2.56 bits per heavy atom. The fraction of sp³-hybridized carbons (Fsp3) is 0.192. The van der Waals surface area contributed by atoms with Crippen LogP contribution in [0.2, 0.25) is 0 Å². The summed E-state index contributed by atoms with van der Waals surface area (Å²) in [5.74, 6) is -4.66. The lowest BCUT2D eigenvalue weighted by Gasteiger charge is -2.10.